The summed E-state index contributed by atoms with van der Waals surface area (Å²) < 4.78 is 0. The highest BCUT2D eigenvalue weighted by molar-refractivity contribution is 5.94. The topological polar surface area (TPSA) is 237 Å². The van der Waals surface area contributed by atoms with E-state index in [0.29, 0.717) is 0 Å². The minimum atomic E-state index is -1.44. The Morgan fingerprint density at radius 2 is 1.19 bits per heavy atom. The monoisotopic (exact) mass is 444 g/mol. The summed E-state index contributed by atoms with van der Waals surface area (Å²) in [5.74, 6) is -5.46. The summed E-state index contributed by atoms with van der Waals surface area (Å²) in [6.45, 7) is 4.76. The van der Waals surface area contributed by atoms with Crippen LogP contribution in [0.4, 0.5) is 0 Å². The van der Waals surface area contributed by atoms with Gasteiger partial charge in [0.2, 0.25) is 29.5 Å². The summed E-state index contributed by atoms with van der Waals surface area (Å²) >= 11 is 0. The Bertz CT molecular complexity index is 695. The van der Waals surface area contributed by atoms with Crippen molar-refractivity contribution in [2.24, 2.45) is 23.1 Å². The molecule has 0 bridgehead atoms. The van der Waals surface area contributed by atoms with Gasteiger partial charge in [-0.3, -0.25) is 24.0 Å². The fourth-order valence-corrected chi connectivity index (χ4v) is 2.45. The lowest BCUT2D eigenvalue weighted by atomic mass is 10.0. The van der Waals surface area contributed by atoms with Gasteiger partial charge in [-0.2, -0.15) is 0 Å². The zero-order valence-corrected chi connectivity index (χ0v) is 17.8. The van der Waals surface area contributed by atoms with Gasteiger partial charge in [-0.1, -0.05) is 13.8 Å². The first-order valence-corrected chi connectivity index (χ1v) is 9.72. The van der Waals surface area contributed by atoms with Crippen molar-refractivity contribution >= 4 is 35.5 Å². The number of rotatable bonds is 14. The van der Waals surface area contributed by atoms with Crippen molar-refractivity contribution in [2.45, 2.75) is 70.6 Å². The van der Waals surface area contributed by atoms with Crippen molar-refractivity contribution in [1.82, 2.24) is 16.0 Å². The molecule has 0 aromatic carbocycles. The Kier molecular flexibility index (Phi) is 11.8. The maximum atomic E-state index is 12.7. The van der Waals surface area contributed by atoms with Crippen LogP contribution in [0.2, 0.25) is 0 Å². The summed E-state index contributed by atoms with van der Waals surface area (Å²) in [5.41, 5.74) is 15.6. The molecule has 0 fully saturated rings. The van der Waals surface area contributed by atoms with Gasteiger partial charge in [-0.15, -0.1) is 0 Å². The van der Waals surface area contributed by atoms with Gasteiger partial charge < -0.3 is 38.3 Å². The predicted octanol–water partition coefficient (Wildman–Crippen LogP) is -2.94. The lowest BCUT2D eigenvalue weighted by Gasteiger charge is -2.26. The van der Waals surface area contributed by atoms with Crippen molar-refractivity contribution in [2.75, 3.05) is 0 Å². The number of nitrogens with two attached hydrogens (primary N) is 3. The van der Waals surface area contributed by atoms with Crippen molar-refractivity contribution in [3.8, 4) is 0 Å². The van der Waals surface area contributed by atoms with Crippen LogP contribution in [0.15, 0.2) is 0 Å². The fourth-order valence-electron chi connectivity index (χ4n) is 2.45. The molecule has 4 unspecified atom stereocenters. The first-order valence-electron chi connectivity index (χ1n) is 9.72. The first kappa shape index (κ1) is 27.8. The zero-order valence-electron chi connectivity index (χ0n) is 17.8. The second-order valence-electron chi connectivity index (χ2n) is 7.49. The summed E-state index contributed by atoms with van der Waals surface area (Å²) in [5, 5.41) is 16.3. The molecule has 4 atom stereocenters. The van der Waals surface area contributed by atoms with E-state index < -0.39 is 59.7 Å². The second kappa shape index (κ2) is 13.2. The lowest BCUT2D eigenvalue weighted by Crippen LogP contribution is -2.58. The Morgan fingerprint density at radius 3 is 1.58 bits per heavy atom. The number of hydrogen-bond donors (Lipinski definition) is 7. The maximum Gasteiger partial charge on any atom is 0.326 e. The average molecular weight is 444 g/mol. The molecule has 13 heteroatoms. The molecule has 0 aromatic heterocycles. The van der Waals surface area contributed by atoms with Gasteiger partial charge in [0, 0.05) is 12.8 Å². The molecule has 0 aliphatic rings. The molecule has 0 saturated heterocycles. The van der Waals surface area contributed by atoms with Crippen molar-refractivity contribution in [1.29, 1.82) is 0 Å². The van der Waals surface area contributed by atoms with Gasteiger partial charge in [0.15, 0.2) is 0 Å². The van der Waals surface area contributed by atoms with E-state index in [1.54, 1.807) is 13.8 Å². The third-order valence-electron chi connectivity index (χ3n) is 4.27. The van der Waals surface area contributed by atoms with Crippen LogP contribution in [0.1, 0.15) is 46.5 Å². The van der Waals surface area contributed by atoms with E-state index >= 15 is 0 Å². The van der Waals surface area contributed by atoms with Crippen LogP contribution in [-0.4, -0.2) is 64.8 Å². The SMILES string of the molecule is CC(N)C(=O)NC(C(=O)NC(CCC(N)=O)C(=O)NC(CCC(N)=O)C(=O)O)C(C)C. The third kappa shape index (κ3) is 10.9. The molecule has 31 heavy (non-hydrogen) atoms. The number of amides is 5. The number of carbonyl (C=O) groups excluding carboxylic acids is 5. The summed E-state index contributed by atoms with van der Waals surface area (Å²) in [7, 11) is 0. The summed E-state index contributed by atoms with van der Waals surface area (Å²) in [6.07, 6.45) is -1.02. The molecule has 176 valence electrons. The molecule has 0 aliphatic heterocycles. The first-order chi connectivity index (χ1) is 14.3. The number of hydrogen-bond acceptors (Lipinski definition) is 7. The van der Waals surface area contributed by atoms with E-state index in [1.165, 1.54) is 6.92 Å². The molecule has 0 aliphatic carbocycles. The van der Waals surface area contributed by atoms with E-state index in [2.05, 4.69) is 16.0 Å². The van der Waals surface area contributed by atoms with Gasteiger partial charge in [0.25, 0.3) is 0 Å². The zero-order chi connectivity index (χ0) is 24.3. The predicted molar refractivity (Wildman–Crippen MR) is 109 cm³/mol. The van der Waals surface area contributed by atoms with E-state index in [0.717, 1.165) is 0 Å². The molecular formula is C18H32N6O7. The molecule has 5 amide bonds. The average Bonchev–Trinajstić information content (AvgIpc) is 2.64. The van der Waals surface area contributed by atoms with E-state index in [4.69, 9.17) is 17.2 Å². The summed E-state index contributed by atoms with van der Waals surface area (Å²) in [6, 6.07) is -4.66. The van der Waals surface area contributed by atoms with Gasteiger partial charge in [0.1, 0.15) is 18.1 Å². The van der Waals surface area contributed by atoms with E-state index in [9.17, 15) is 33.9 Å². The van der Waals surface area contributed by atoms with Crippen molar-refractivity contribution in [3.05, 3.63) is 0 Å². The van der Waals surface area contributed by atoms with Crippen LogP contribution in [0.3, 0.4) is 0 Å². The molecule has 0 aromatic rings. The molecule has 13 nitrogen and oxygen atoms in total. The van der Waals surface area contributed by atoms with Crippen LogP contribution in [0.5, 0.6) is 0 Å². The molecule has 0 saturated carbocycles. The quantitative estimate of drug-likeness (QED) is 0.146. The Hall–Kier alpha value is -3.22. The smallest absolute Gasteiger partial charge is 0.326 e. The molecule has 0 spiro atoms. The largest absolute Gasteiger partial charge is 0.480 e. The van der Waals surface area contributed by atoms with Crippen LogP contribution < -0.4 is 33.2 Å². The van der Waals surface area contributed by atoms with Crippen LogP contribution >= 0.6 is 0 Å². The molecule has 0 heterocycles. The van der Waals surface area contributed by atoms with Crippen molar-refractivity contribution in [3.63, 3.8) is 0 Å². The van der Waals surface area contributed by atoms with Gasteiger partial charge in [-0.05, 0) is 25.7 Å². The number of primary amides is 2. The van der Waals surface area contributed by atoms with E-state index in [-0.39, 0.29) is 31.6 Å². The number of aliphatic carboxylic acids is 1. The highest BCUT2D eigenvalue weighted by atomic mass is 16.4. The number of nitrogens with one attached hydrogen (secondary N) is 3. The molecule has 10 N–H and O–H groups in total. The van der Waals surface area contributed by atoms with Gasteiger partial charge in [-0.25, -0.2) is 4.79 Å². The number of carboxylic acid groups (broad SMARTS) is 1. The van der Waals surface area contributed by atoms with Crippen LogP contribution in [-0.2, 0) is 28.8 Å². The minimum Gasteiger partial charge on any atom is -0.480 e. The maximum absolute atomic E-state index is 12.7. The van der Waals surface area contributed by atoms with Crippen LogP contribution in [0.25, 0.3) is 0 Å². The highest BCUT2D eigenvalue weighted by Crippen LogP contribution is 2.06. The second-order valence-corrected chi connectivity index (χ2v) is 7.49. The molecule has 0 radical (unpaired) electrons. The Morgan fingerprint density at radius 1 is 0.742 bits per heavy atom. The Labute approximate surface area is 179 Å². The normalized spacial score (nSPS) is 14.6. The highest BCUT2D eigenvalue weighted by Gasteiger charge is 2.31. The molecular weight excluding hydrogens is 412 g/mol. The fraction of sp³-hybridized carbons (Fsp3) is 0.667. The molecule has 0 rings (SSSR count). The van der Waals surface area contributed by atoms with Gasteiger partial charge >= 0.3 is 5.97 Å². The minimum absolute atomic E-state index is 0.207. The summed E-state index contributed by atoms with van der Waals surface area (Å²) in [4.78, 5) is 70.6. The standard InChI is InChI=1S/C18H32N6O7/c1-8(2)14(24-15(27)9(3)19)17(29)22-10(4-6-12(20)25)16(28)23-11(18(30)31)5-7-13(21)26/h8-11,14H,4-7,19H2,1-3H3,(H2,20,25)(H2,21,26)(H,22,29)(H,23,28)(H,24,27)(H,30,31). The van der Waals surface area contributed by atoms with Crippen LogP contribution in [0, 0.1) is 5.92 Å². The van der Waals surface area contributed by atoms with Gasteiger partial charge in [0.05, 0.1) is 6.04 Å². The number of carboxylic acids is 1. The van der Waals surface area contributed by atoms with E-state index in [1.807, 2.05) is 0 Å². The number of carbonyl (C=O) groups is 6. The third-order valence-corrected chi connectivity index (χ3v) is 4.27. The lowest BCUT2D eigenvalue weighted by molar-refractivity contribution is -0.143. The Balaban J connectivity index is 5.45. The van der Waals surface area contributed by atoms with Crippen molar-refractivity contribution < 1.29 is 33.9 Å².